The number of hydrogen-bond donors (Lipinski definition) is 0. The summed E-state index contributed by atoms with van der Waals surface area (Å²) in [6.45, 7) is 2.42. The van der Waals surface area contributed by atoms with Gasteiger partial charge in [-0.3, -0.25) is 9.58 Å². The Hall–Kier alpha value is -1.58. The van der Waals surface area contributed by atoms with Gasteiger partial charge in [0.1, 0.15) is 0 Å². The second kappa shape index (κ2) is 6.73. The molecule has 0 unspecified atom stereocenters. The fourth-order valence-corrected chi connectivity index (χ4v) is 3.92. The molecule has 4 heteroatoms. The van der Waals surface area contributed by atoms with Crippen LogP contribution in [0.2, 0.25) is 5.02 Å². The lowest BCUT2D eigenvalue weighted by molar-refractivity contribution is 0.118. The Kier molecular flexibility index (Phi) is 4.47. The molecule has 1 aliphatic carbocycles. The van der Waals surface area contributed by atoms with Crippen LogP contribution in [-0.2, 0) is 7.05 Å². The fraction of sp³-hybridized carbons (Fsp3) is 0.450. The summed E-state index contributed by atoms with van der Waals surface area (Å²) < 4.78 is 1.81. The van der Waals surface area contributed by atoms with Crippen LogP contribution in [0.15, 0.2) is 36.2 Å². The SMILES string of the molecule is Cn1cc(-c2ccc(C=C3CCN(C4CCC4)CC3)c(Cl)c2)cn1. The summed E-state index contributed by atoms with van der Waals surface area (Å²) in [6, 6.07) is 7.19. The first-order valence-electron chi connectivity index (χ1n) is 8.91. The Morgan fingerprint density at radius 3 is 2.54 bits per heavy atom. The van der Waals surface area contributed by atoms with E-state index >= 15 is 0 Å². The van der Waals surface area contributed by atoms with Gasteiger partial charge >= 0.3 is 0 Å². The normalized spacial score (nSPS) is 19.3. The lowest BCUT2D eigenvalue weighted by Crippen LogP contribution is -2.43. The van der Waals surface area contributed by atoms with Crippen molar-refractivity contribution >= 4 is 17.7 Å². The molecule has 1 saturated heterocycles. The number of aryl methyl sites for hydroxylation is 1. The molecule has 4 rings (SSSR count). The van der Waals surface area contributed by atoms with Crippen molar-refractivity contribution in [2.45, 2.75) is 38.1 Å². The van der Waals surface area contributed by atoms with Gasteiger partial charge in [0.15, 0.2) is 0 Å². The monoisotopic (exact) mass is 341 g/mol. The number of aromatic nitrogens is 2. The Labute approximate surface area is 148 Å². The molecule has 2 heterocycles. The molecule has 1 aromatic heterocycles. The van der Waals surface area contributed by atoms with Gasteiger partial charge in [-0.05, 0) is 42.9 Å². The summed E-state index contributed by atoms with van der Waals surface area (Å²) in [5.74, 6) is 0. The molecular formula is C20H24ClN3. The molecule has 24 heavy (non-hydrogen) atoms. The molecule has 1 aromatic carbocycles. The largest absolute Gasteiger partial charge is 0.300 e. The van der Waals surface area contributed by atoms with E-state index in [2.05, 4.69) is 34.3 Å². The maximum atomic E-state index is 6.53. The van der Waals surface area contributed by atoms with E-state index in [1.165, 1.54) is 50.8 Å². The number of benzene rings is 1. The number of piperidine rings is 1. The number of halogens is 1. The van der Waals surface area contributed by atoms with E-state index in [1.54, 1.807) is 0 Å². The topological polar surface area (TPSA) is 21.1 Å². The van der Waals surface area contributed by atoms with Crippen molar-refractivity contribution in [3.8, 4) is 11.1 Å². The highest BCUT2D eigenvalue weighted by atomic mass is 35.5. The summed E-state index contributed by atoms with van der Waals surface area (Å²) in [6.07, 6.45) is 12.8. The van der Waals surface area contributed by atoms with Crippen LogP contribution in [-0.4, -0.2) is 33.8 Å². The molecule has 0 amide bonds. The van der Waals surface area contributed by atoms with Gasteiger partial charge in [0, 0.05) is 43.0 Å². The molecule has 3 nitrogen and oxygen atoms in total. The van der Waals surface area contributed by atoms with Gasteiger partial charge in [0.25, 0.3) is 0 Å². The molecule has 1 aliphatic heterocycles. The van der Waals surface area contributed by atoms with Crippen molar-refractivity contribution in [1.82, 2.24) is 14.7 Å². The van der Waals surface area contributed by atoms with Gasteiger partial charge in [-0.25, -0.2) is 0 Å². The standard InChI is InChI=1S/C20H24ClN3/c1-23-14-18(13-22-23)16-5-6-17(20(21)12-16)11-15-7-9-24(10-8-15)19-3-2-4-19/h5-6,11-14,19H,2-4,7-10H2,1H3. The molecule has 2 aliphatic rings. The molecule has 2 aromatic rings. The van der Waals surface area contributed by atoms with E-state index < -0.39 is 0 Å². The first-order valence-corrected chi connectivity index (χ1v) is 9.29. The quantitative estimate of drug-likeness (QED) is 0.801. The van der Waals surface area contributed by atoms with E-state index in [0.29, 0.717) is 0 Å². The van der Waals surface area contributed by atoms with E-state index in [0.717, 1.165) is 27.8 Å². The zero-order valence-electron chi connectivity index (χ0n) is 14.2. The maximum Gasteiger partial charge on any atom is 0.0568 e. The number of nitrogens with zero attached hydrogens (tertiary/aromatic N) is 3. The number of rotatable bonds is 3. The van der Waals surface area contributed by atoms with Crippen LogP contribution in [0.1, 0.15) is 37.7 Å². The Morgan fingerprint density at radius 1 is 1.17 bits per heavy atom. The van der Waals surface area contributed by atoms with Crippen molar-refractivity contribution < 1.29 is 0 Å². The second-order valence-electron chi connectivity index (χ2n) is 7.06. The molecular weight excluding hydrogens is 318 g/mol. The highest BCUT2D eigenvalue weighted by Gasteiger charge is 2.26. The average Bonchev–Trinajstić information content (AvgIpc) is 2.96. The van der Waals surface area contributed by atoms with Crippen LogP contribution in [0, 0.1) is 0 Å². The fourth-order valence-electron chi connectivity index (χ4n) is 3.69. The average molecular weight is 342 g/mol. The highest BCUT2D eigenvalue weighted by Crippen LogP contribution is 2.31. The maximum absolute atomic E-state index is 6.53. The first kappa shape index (κ1) is 15.9. The van der Waals surface area contributed by atoms with Gasteiger partial charge in [-0.15, -0.1) is 0 Å². The summed E-state index contributed by atoms with van der Waals surface area (Å²) >= 11 is 6.53. The lowest BCUT2D eigenvalue weighted by atomic mass is 9.89. The van der Waals surface area contributed by atoms with E-state index in [1.807, 2.05) is 24.1 Å². The van der Waals surface area contributed by atoms with Crippen LogP contribution in [0.3, 0.4) is 0 Å². The minimum Gasteiger partial charge on any atom is -0.300 e. The third-order valence-electron chi connectivity index (χ3n) is 5.43. The molecule has 0 spiro atoms. The zero-order valence-corrected chi connectivity index (χ0v) is 15.0. The number of likely N-dealkylation sites (tertiary alicyclic amines) is 1. The zero-order chi connectivity index (χ0) is 16.5. The van der Waals surface area contributed by atoms with Gasteiger partial charge < -0.3 is 0 Å². The van der Waals surface area contributed by atoms with Crippen LogP contribution < -0.4 is 0 Å². The minimum absolute atomic E-state index is 0.824. The third-order valence-corrected chi connectivity index (χ3v) is 5.76. The van der Waals surface area contributed by atoms with E-state index in [9.17, 15) is 0 Å². The van der Waals surface area contributed by atoms with Gasteiger partial charge in [0.05, 0.1) is 6.20 Å². The van der Waals surface area contributed by atoms with Crippen molar-refractivity contribution in [3.63, 3.8) is 0 Å². The Balaban J connectivity index is 1.46. The van der Waals surface area contributed by atoms with Gasteiger partial charge in [-0.1, -0.05) is 41.8 Å². The lowest BCUT2D eigenvalue weighted by Gasteiger charge is -2.40. The predicted octanol–water partition coefficient (Wildman–Crippen LogP) is 4.77. The van der Waals surface area contributed by atoms with Crippen molar-refractivity contribution in [3.05, 3.63) is 46.8 Å². The Morgan fingerprint density at radius 2 is 1.96 bits per heavy atom. The molecule has 0 radical (unpaired) electrons. The molecule has 0 bridgehead atoms. The second-order valence-corrected chi connectivity index (χ2v) is 7.47. The van der Waals surface area contributed by atoms with Crippen LogP contribution in [0.4, 0.5) is 0 Å². The summed E-state index contributed by atoms with van der Waals surface area (Å²) in [7, 11) is 1.93. The predicted molar refractivity (Wildman–Crippen MR) is 100 cm³/mol. The third kappa shape index (κ3) is 3.28. The summed E-state index contributed by atoms with van der Waals surface area (Å²) in [4.78, 5) is 2.67. The number of hydrogen-bond acceptors (Lipinski definition) is 2. The van der Waals surface area contributed by atoms with Crippen molar-refractivity contribution in [1.29, 1.82) is 0 Å². The van der Waals surface area contributed by atoms with E-state index in [4.69, 9.17) is 11.6 Å². The first-order chi connectivity index (χ1) is 11.7. The minimum atomic E-state index is 0.824. The van der Waals surface area contributed by atoms with Gasteiger partial charge in [0.2, 0.25) is 0 Å². The summed E-state index contributed by atoms with van der Waals surface area (Å²) in [5, 5.41) is 5.05. The molecule has 0 N–H and O–H groups in total. The Bertz CT molecular complexity index is 748. The molecule has 2 fully saturated rings. The molecule has 126 valence electrons. The van der Waals surface area contributed by atoms with E-state index in [-0.39, 0.29) is 0 Å². The van der Waals surface area contributed by atoms with Crippen LogP contribution >= 0.6 is 11.6 Å². The smallest absolute Gasteiger partial charge is 0.0568 e. The van der Waals surface area contributed by atoms with Gasteiger partial charge in [-0.2, -0.15) is 5.10 Å². The van der Waals surface area contributed by atoms with Crippen molar-refractivity contribution in [2.24, 2.45) is 7.05 Å². The molecule has 0 atom stereocenters. The van der Waals surface area contributed by atoms with Crippen LogP contribution in [0.5, 0.6) is 0 Å². The summed E-state index contributed by atoms with van der Waals surface area (Å²) in [5.41, 5.74) is 4.89. The highest BCUT2D eigenvalue weighted by molar-refractivity contribution is 6.32. The van der Waals surface area contributed by atoms with Crippen molar-refractivity contribution in [2.75, 3.05) is 13.1 Å². The molecule has 1 saturated carbocycles. The van der Waals surface area contributed by atoms with Crippen LogP contribution in [0.25, 0.3) is 17.2 Å².